The Bertz CT molecular complexity index is 799. The van der Waals surface area contributed by atoms with Gasteiger partial charge in [0.2, 0.25) is 0 Å². The topological polar surface area (TPSA) is 46.3 Å². The fraction of sp³-hybridized carbons (Fsp3) is 0.250. The van der Waals surface area contributed by atoms with E-state index in [0.717, 1.165) is 29.5 Å². The van der Waals surface area contributed by atoms with Crippen molar-refractivity contribution in [2.24, 2.45) is 5.73 Å². The van der Waals surface area contributed by atoms with E-state index in [1.165, 1.54) is 0 Å². The van der Waals surface area contributed by atoms with Crippen LogP contribution in [0.1, 0.15) is 36.1 Å². The van der Waals surface area contributed by atoms with Crippen LogP contribution in [-0.4, -0.2) is 17.7 Å². The van der Waals surface area contributed by atoms with E-state index < -0.39 is 6.04 Å². The summed E-state index contributed by atoms with van der Waals surface area (Å²) in [7, 11) is 1.85. The molecule has 2 aromatic carbocycles. The van der Waals surface area contributed by atoms with Crippen LogP contribution in [0.4, 0.5) is 0 Å². The summed E-state index contributed by atoms with van der Waals surface area (Å²) in [6, 6.07) is 15.1. The molecule has 2 aromatic rings. The fourth-order valence-corrected chi connectivity index (χ4v) is 3.59. The highest BCUT2D eigenvalue weighted by atomic mass is 35.5. The van der Waals surface area contributed by atoms with Gasteiger partial charge in [-0.05, 0) is 17.5 Å². The quantitative estimate of drug-likeness (QED) is 0.908. The molecule has 0 spiro atoms. The van der Waals surface area contributed by atoms with Gasteiger partial charge in [0.1, 0.15) is 11.9 Å². The molecule has 1 atom stereocenters. The molecule has 1 aliphatic heterocycles. The number of hydrogen-bond acceptors (Lipinski definition) is 3. The average Bonchev–Trinajstić information content (AvgIpc) is 2.80. The lowest BCUT2D eigenvalue weighted by molar-refractivity contribution is -0.116. The van der Waals surface area contributed by atoms with Crippen molar-refractivity contribution < 1.29 is 4.79 Å². The van der Waals surface area contributed by atoms with Gasteiger partial charge in [0.25, 0.3) is 0 Å². The highest BCUT2D eigenvalue weighted by Gasteiger charge is 2.38. The third kappa shape index (κ3) is 2.69. The van der Waals surface area contributed by atoms with Crippen molar-refractivity contribution in [3.8, 4) is 0 Å². The van der Waals surface area contributed by atoms with Crippen molar-refractivity contribution in [1.29, 1.82) is 0 Å². The highest BCUT2D eigenvalue weighted by molar-refractivity contribution is 6.37. The number of carbonyl (C=O) groups is 1. The maximum absolute atomic E-state index is 13.1. The SMILES string of the molecule is CCCc1cccc(C2=C(N)N(C)C(c3ccccc3)C2=O)c1Cl. The first-order valence-electron chi connectivity index (χ1n) is 8.15. The monoisotopic (exact) mass is 340 g/mol. The van der Waals surface area contributed by atoms with Gasteiger partial charge in [-0.25, -0.2) is 0 Å². The van der Waals surface area contributed by atoms with Crippen LogP contribution in [-0.2, 0) is 11.2 Å². The van der Waals surface area contributed by atoms with E-state index in [0.29, 0.717) is 16.4 Å². The summed E-state index contributed by atoms with van der Waals surface area (Å²) in [5.74, 6) is 0.473. The third-order valence-corrected chi connectivity index (χ3v) is 4.95. The molecule has 1 heterocycles. The van der Waals surface area contributed by atoms with Crippen LogP contribution in [0, 0.1) is 0 Å². The van der Waals surface area contributed by atoms with E-state index >= 15 is 0 Å². The second-order valence-electron chi connectivity index (χ2n) is 6.08. The summed E-state index contributed by atoms with van der Waals surface area (Å²) in [5.41, 5.74) is 9.53. The van der Waals surface area contributed by atoms with Crippen molar-refractivity contribution in [2.75, 3.05) is 7.05 Å². The maximum Gasteiger partial charge on any atom is 0.194 e. The molecule has 4 heteroatoms. The molecule has 0 aromatic heterocycles. The molecule has 0 fully saturated rings. The molecule has 1 unspecified atom stereocenters. The van der Waals surface area contributed by atoms with Crippen molar-refractivity contribution in [3.63, 3.8) is 0 Å². The van der Waals surface area contributed by atoms with E-state index in [1.54, 1.807) is 0 Å². The Morgan fingerprint density at radius 2 is 1.83 bits per heavy atom. The fourth-order valence-electron chi connectivity index (χ4n) is 3.27. The van der Waals surface area contributed by atoms with Crippen LogP contribution >= 0.6 is 11.6 Å². The first-order valence-corrected chi connectivity index (χ1v) is 8.53. The molecule has 0 bridgehead atoms. The Kier molecular flexibility index (Phi) is 4.63. The predicted molar refractivity (Wildman–Crippen MR) is 98.5 cm³/mol. The van der Waals surface area contributed by atoms with Gasteiger partial charge in [-0.1, -0.05) is 73.5 Å². The minimum absolute atomic E-state index is 0.00301. The standard InChI is InChI=1S/C20H21ClN2O/c1-3-8-13-11-7-12-15(17(13)21)16-19(24)18(23(2)20(16)22)14-9-5-4-6-10-14/h4-7,9-12,18H,3,8,22H2,1-2H3. The Morgan fingerprint density at radius 1 is 1.12 bits per heavy atom. The van der Waals surface area contributed by atoms with Gasteiger partial charge in [-0.15, -0.1) is 0 Å². The molecule has 0 aliphatic carbocycles. The number of nitrogens with zero attached hydrogens (tertiary/aromatic N) is 1. The van der Waals surface area contributed by atoms with Gasteiger partial charge < -0.3 is 10.6 Å². The largest absolute Gasteiger partial charge is 0.385 e. The molecule has 3 rings (SSSR count). The van der Waals surface area contributed by atoms with E-state index in [1.807, 2.05) is 60.5 Å². The number of benzene rings is 2. The van der Waals surface area contributed by atoms with Crippen LogP contribution in [0.2, 0.25) is 5.02 Å². The van der Waals surface area contributed by atoms with Crippen molar-refractivity contribution in [2.45, 2.75) is 25.8 Å². The van der Waals surface area contributed by atoms with Gasteiger partial charge in [0.15, 0.2) is 5.78 Å². The van der Waals surface area contributed by atoms with Crippen molar-refractivity contribution in [3.05, 3.63) is 76.1 Å². The number of halogens is 1. The number of likely N-dealkylation sites (N-methyl/N-ethyl adjacent to an activating group) is 1. The number of aryl methyl sites for hydroxylation is 1. The first-order chi connectivity index (χ1) is 11.6. The maximum atomic E-state index is 13.1. The summed E-state index contributed by atoms with van der Waals surface area (Å²) >= 11 is 6.58. The number of carbonyl (C=O) groups excluding carboxylic acids is 1. The number of rotatable bonds is 4. The molecule has 0 amide bonds. The normalized spacial score (nSPS) is 17.7. The molecule has 2 N–H and O–H groups in total. The smallest absolute Gasteiger partial charge is 0.194 e. The summed E-state index contributed by atoms with van der Waals surface area (Å²) in [5, 5.41) is 0.632. The summed E-state index contributed by atoms with van der Waals surface area (Å²) in [6.07, 6.45) is 1.88. The third-order valence-electron chi connectivity index (χ3n) is 4.50. The van der Waals surface area contributed by atoms with E-state index in [9.17, 15) is 4.79 Å². The summed E-state index contributed by atoms with van der Waals surface area (Å²) < 4.78 is 0. The molecule has 0 saturated heterocycles. The van der Waals surface area contributed by atoms with Gasteiger partial charge in [0, 0.05) is 12.6 Å². The Balaban J connectivity index is 2.06. The van der Waals surface area contributed by atoms with Crippen LogP contribution in [0.3, 0.4) is 0 Å². The van der Waals surface area contributed by atoms with E-state index in [4.69, 9.17) is 17.3 Å². The van der Waals surface area contributed by atoms with Crippen molar-refractivity contribution >= 4 is 23.0 Å². The number of Topliss-reactive ketones (excluding diaryl/α,β-unsaturated/α-hetero) is 1. The van der Waals surface area contributed by atoms with Gasteiger partial charge in [-0.3, -0.25) is 4.79 Å². The molecule has 0 saturated carbocycles. The molecule has 124 valence electrons. The molecule has 24 heavy (non-hydrogen) atoms. The Labute approximate surface area is 147 Å². The van der Waals surface area contributed by atoms with Crippen LogP contribution < -0.4 is 5.73 Å². The molecular formula is C20H21ClN2O. The summed E-state index contributed by atoms with van der Waals surface area (Å²) in [4.78, 5) is 14.9. The molecular weight excluding hydrogens is 320 g/mol. The zero-order valence-electron chi connectivity index (χ0n) is 13.9. The van der Waals surface area contributed by atoms with E-state index in [-0.39, 0.29) is 5.78 Å². The minimum atomic E-state index is -0.396. The predicted octanol–water partition coefficient (Wildman–Crippen LogP) is 4.18. The second kappa shape index (κ2) is 6.70. The number of ketones is 1. The van der Waals surface area contributed by atoms with Crippen molar-refractivity contribution in [1.82, 2.24) is 4.90 Å². The van der Waals surface area contributed by atoms with Gasteiger partial charge in [0.05, 0.1) is 10.6 Å². The molecule has 0 radical (unpaired) electrons. The lowest BCUT2D eigenvalue weighted by Crippen LogP contribution is -2.25. The molecule has 1 aliphatic rings. The Morgan fingerprint density at radius 3 is 2.50 bits per heavy atom. The minimum Gasteiger partial charge on any atom is -0.385 e. The molecule has 3 nitrogen and oxygen atoms in total. The van der Waals surface area contributed by atoms with Gasteiger partial charge >= 0.3 is 0 Å². The average molecular weight is 341 g/mol. The number of nitrogens with two attached hydrogens (primary N) is 1. The zero-order valence-corrected chi connectivity index (χ0v) is 14.7. The second-order valence-corrected chi connectivity index (χ2v) is 6.46. The van der Waals surface area contributed by atoms with Crippen LogP contribution in [0.15, 0.2) is 54.4 Å². The lowest BCUT2D eigenvalue weighted by Gasteiger charge is -2.21. The first kappa shape index (κ1) is 16.6. The van der Waals surface area contributed by atoms with Gasteiger partial charge in [-0.2, -0.15) is 0 Å². The zero-order chi connectivity index (χ0) is 17.3. The lowest BCUT2D eigenvalue weighted by atomic mass is 9.94. The van der Waals surface area contributed by atoms with E-state index in [2.05, 4.69) is 6.92 Å². The number of hydrogen-bond donors (Lipinski definition) is 1. The highest BCUT2D eigenvalue weighted by Crippen LogP contribution is 2.40. The van der Waals surface area contributed by atoms with Crippen LogP contribution in [0.5, 0.6) is 0 Å². The van der Waals surface area contributed by atoms with Crippen LogP contribution in [0.25, 0.3) is 5.57 Å². The summed E-state index contributed by atoms with van der Waals surface area (Å²) in [6.45, 7) is 2.11. The Hall–Kier alpha value is -2.26.